The highest BCUT2D eigenvalue weighted by molar-refractivity contribution is 5.94. The van der Waals surface area contributed by atoms with Crippen molar-refractivity contribution in [2.24, 2.45) is 4.99 Å². The molecular weight excluding hydrogens is 238 g/mol. The minimum atomic E-state index is 0.593. The van der Waals surface area contributed by atoms with E-state index in [0.29, 0.717) is 12.6 Å². The summed E-state index contributed by atoms with van der Waals surface area (Å²) in [6, 6.07) is 14.0. The lowest BCUT2D eigenvalue weighted by molar-refractivity contribution is -0.0470. The molecule has 0 saturated heterocycles. The summed E-state index contributed by atoms with van der Waals surface area (Å²) in [5.74, 6) is 0.704. The van der Waals surface area contributed by atoms with Gasteiger partial charge in [-0.15, -0.1) is 5.06 Å². The Morgan fingerprint density at radius 1 is 1.05 bits per heavy atom. The highest BCUT2D eigenvalue weighted by Gasteiger charge is 2.18. The lowest BCUT2D eigenvalue weighted by Crippen LogP contribution is -2.23. The van der Waals surface area contributed by atoms with Gasteiger partial charge in [0.25, 0.3) is 0 Å². The van der Waals surface area contributed by atoms with Gasteiger partial charge in [-0.25, -0.2) is 4.99 Å². The Morgan fingerprint density at radius 2 is 1.84 bits per heavy atom. The molecule has 0 amide bonds. The lowest BCUT2D eigenvalue weighted by Gasteiger charge is -2.14. The van der Waals surface area contributed by atoms with E-state index in [0.717, 1.165) is 18.5 Å². The minimum Gasteiger partial charge on any atom is -0.384 e. The maximum absolute atomic E-state index is 5.74. The number of rotatable bonds is 4. The highest BCUT2D eigenvalue weighted by atomic mass is 16.7. The van der Waals surface area contributed by atoms with Gasteiger partial charge in [0.1, 0.15) is 6.67 Å². The number of hydrogen-bond donors (Lipinski definition) is 0. The number of pyridine rings is 1. The Labute approximate surface area is 112 Å². The molecule has 0 unspecified atom stereocenters. The van der Waals surface area contributed by atoms with Crippen molar-refractivity contribution in [3.05, 3.63) is 66.0 Å². The first-order chi connectivity index (χ1) is 9.42. The Morgan fingerprint density at radius 3 is 2.63 bits per heavy atom. The van der Waals surface area contributed by atoms with Crippen LogP contribution < -0.4 is 0 Å². The minimum absolute atomic E-state index is 0.593. The van der Waals surface area contributed by atoms with Crippen LogP contribution in [0.3, 0.4) is 0 Å². The molecule has 2 heterocycles. The Balaban J connectivity index is 1.54. The van der Waals surface area contributed by atoms with Gasteiger partial charge in [-0.05, 0) is 36.2 Å². The molecule has 0 N–H and O–H groups in total. The van der Waals surface area contributed by atoms with E-state index < -0.39 is 0 Å². The van der Waals surface area contributed by atoms with E-state index in [1.165, 1.54) is 5.56 Å². The third-order valence-corrected chi connectivity index (χ3v) is 3.01. The van der Waals surface area contributed by atoms with E-state index in [-0.39, 0.29) is 0 Å². The van der Waals surface area contributed by atoms with Crippen LogP contribution in [-0.2, 0) is 11.3 Å². The Hall–Kier alpha value is -2.20. The molecule has 0 aliphatic carbocycles. The number of nitrogens with zero attached hydrogens (tertiary/aromatic N) is 3. The number of aliphatic imine (C=N–C) groups is 1. The first-order valence-corrected chi connectivity index (χ1v) is 6.33. The predicted octanol–water partition coefficient (Wildman–Crippen LogP) is 2.28. The zero-order valence-electron chi connectivity index (χ0n) is 10.6. The van der Waals surface area contributed by atoms with Gasteiger partial charge in [0, 0.05) is 24.5 Å². The van der Waals surface area contributed by atoms with Gasteiger partial charge >= 0.3 is 0 Å². The second kappa shape index (κ2) is 5.63. The first kappa shape index (κ1) is 11.9. The third-order valence-electron chi connectivity index (χ3n) is 3.01. The molecule has 0 spiro atoms. The van der Waals surface area contributed by atoms with Crippen LogP contribution in [0.1, 0.15) is 11.1 Å². The summed E-state index contributed by atoms with van der Waals surface area (Å²) in [7, 11) is 0. The molecule has 1 aromatic carbocycles. The zero-order valence-corrected chi connectivity index (χ0v) is 10.6. The largest absolute Gasteiger partial charge is 0.384 e. The molecule has 4 nitrogen and oxygen atoms in total. The number of hydroxylamine groups is 2. The summed E-state index contributed by atoms with van der Waals surface area (Å²) in [5.41, 5.74) is 2.28. The average Bonchev–Trinajstić information content (AvgIpc) is 2.96. The van der Waals surface area contributed by atoms with Gasteiger partial charge in [0.05, 0.1) is 0 Å². The molecule has 1 aliphatic heterocycles. The standard InChI is InChI=1S/C15H15N3O/c1-2-4-14(5-3-1)15-17-12-18(19-15)11-8-13-6-9-16-10-7-13/h1-7,9-10H,8,11-12H2. The van der Waals surface area contributed by atoms with Crippen molar-refractivity contribution in [2.45, 2.75) is 6.42 Å². The van der Waals surface area contributed by atoms with Crippen LogP contribution in [0.4, 0.5) is 0 Å². The fourth-order valence-corrected chi connectivity index (χ4v) is 1.97. The number of aromatic nitrogens is 1. The quantitative estimate of drug-likeness (QED) is 0.839. The molecule has 1 aromatic heterocycles. The summed E-state index contributed by atoms with van der Waals surface area (Å²) < 4.78 is 0. The van der Waals surface area contributed by atoms with Crippen molar-refractivity contribution in [2.75, 3.05) is 13.2 Å². The number of hydrogen-bond acceptors (Lipinski definition) is 4. The van der Waals surface area contributed by atoms with Gasteiger partial charge in [-0.3, -0.25) is 4.98 Å². The normalized spacial score (nSPS) is 15.1. The summed E-state index contributed by atoms with van der Waals surface area (Å²) >= 11 is 0. The highest BCUT2D eigenvalue weighted by Crippen LogP contribution is 2.12. The summed E-state index contributed by atoms with van der Waals surface area (Å²) in [5, 5.41) is 1.88. The molecule has 1 aliphatic rings. The van der Waals surface area contributed by atoms with Crippen LogP contribution in [0.15, 0.2) is 59.9 Å². The molecule has 0 bridgehead atoms. The van der Waals surface area contributed by atoms with Crippen molar-refractivity contribution in [3.63, 3.8) is 0 Å². The smallest absolute Gasteiger partial charge is 0.242 e. The maximum Gasteiger partial charge on any atom is 0.242 e. The summed E-state index contributed by atoms with van der Waals surface area (Å²) in [6.07, 6.45) is 4.55. The fourth-order valence-electron chi connectivity index (χ4n) is 1.97. The van der Waals surface area contributed by atoms with Gasteiger partial charge in [-0.1, -0.05) is 18.2 Å². The Bertz CT molecular complexity index is 554. The van der Waals surface area contributed by atoms with Crippen LogP contribution in [0.25, 0.3) is 0 Å². The topological polar surface area (TPSA) is 37.7 Å². The summed E-state index contributed by atoms with van der Waals surface area (Å²) in [4.78, 5) is 14.2. The van der Waals surface area contributed by atoms with Crippen molar-refractivity contribution >= 4 is 5.90 Å². The van der Waals surface area contributed by atoms with Crippen molar-refractivity contribution in [1.29, 1.82) is 0 Å². The van der Waals surface area contributed by atoms with Crippen LogP contribution in [-0.4, -0.2) is 29.2 Å². The predicted molar refractivity (Wildman–Crippen MR) is 73.6 cm³/mol. The van der Waals surface area contributed by atoms with Crippen LogP contribution in [0.5, 0.6) is 0 Å². The maximum atomic E-state index is 5.74. The first-order valence-electron chi connectivity index (χ1n) is 6.33. The lowest BCUT2D eigenvalue weighted by atomic mass is 10.2. The molecular formula is C15H15N3O. The van der Waals surface area contributed by atoms with E-state index in [4.69, 9.17) is 4.84 Å². The van der Waals surface area contributed by atoms with E-state index in [1.807, 2.05) is 59.9 Å². The molecule has 3 rings (SSSR count). The fraction of sp³-hybridized carbons (Fsp3) is 0.200. The molecule has 0 saturated carbocycles. The monoisotopic (exact) mass is 253 g/mol. The molecule has 2 aromatic rings. The summed E-state index contributed by atoms with van der Waals surface area (Å²) in [6.45, 7) is 1.42. The zero-order chi connectivity index (χ0) is 12.9. The van der Waals surface area contributed by atoms with E-state index in [9.17, 15) is 0 Å². The molecule has 4 heteroatoms. The molecule has 19 heavy (non-hydrogen) atoms. The van der Waals surface area contributed by atoms with Gasteiger partial charge in [0.2, 0.25) is 5.90 Å². The van der Waals surface area contributed by atoms with Gasteiger partial charge in [0.15, 0.2) is 0 Å². The third kappa shape index (κ3) is 2.98. The van der Waals surface area contributed by atoms with E-state index in [1.54, 1.807) is 0 Å². The van der Waals surface area contributed by atoms with Crippen LogP contribution in [0, 0.1) is 0 Å². The molecule has 0 radical (unpaired) electrons. The number of benzene rings is 1. The Kier molecular flexibility index (Phi) is 3.51. The second-order valence-corrected chi connectivity index (χ2v) is 4.37. The van der Waals surface area contributed by atoms with Gasteiger partial charge < -0.3 is 4.84 Å². The van der Waals surface area contributed by atoms with E-state index in [2.05, 4.69) is 9.98 Å². The van der Waals surface area contributed by atoms with Crippen LogP contribution in [0.2, 0.25) is 0 Å². The van der Waals surface area contributed by atoms with Crippen molar-refractivity contribution in [3.8, 4) is 0 Å². The van der Waals surface area contributed by atoms with E-state index >= 15 is 0 Å². The SMILES string of the molecule is c1ccc(C2=NCN(CCc3ccncc3)O2)cc1. The molecule has 96 valence electrons. The van der Waals surface area contributed by atoms with Crippen molar-refractivity contribution in [1.82, 2.24) is 10.0 Å². The van der Waals surface area contributed by atoms with Crippen LogP contribution >= 0.6 is 0 Å². The molecule has 0 atom stereocenters. The second-order valence-electron chi connectivity index (χ2n) is 4.37. The van der Waals surface area contributed by atoms with Gasteiger partial charge in [-0.2, -0.15) is 0 Å². The average molecular weight is 253 g/mol. The van der Waals surface area contributed by atoms with Crippen molar-refractivity contribution < 1.29 is 4.84 Å². The molecule has 0 fully saturated rings.